The van der Waals surface area contributed by atoms with Gasteiger partial charge in [0.1, 0.15) is 0 Å². The molecule has 0 saturated carbocycles. The molecule has 0 saturated heterocycles. The molecule has 1 radical (unpaired) electrons. The van der Waals surface area contributed by atoms with Crippen LogP contribution < -0.4 is 0 Å². The molecular formula is C4H11Na2O4S. The van der Waals surface area contributed by atoms with E-state index >= 15 is 0 Å². The fourth-order valence-electron chi connectivity index (χ4n) is 0.266. The fraction of sp³-hybridized carbons (Fsp3) is 0.750. The van der Waals surface area contributed by atoms with Gasteiger partial charge in [-0.15, -0.1) is 0 Å². The van der Waals surface area contributed by atoms with Gasteiger partial charge in [0.2, 0.25) is 0 Å². The van der Waals surface area contributed by atoms with Gasteiger partial charge in [-0.05, 0) is 6.92 Å². The van der Waals surface area contributed by atoms with Crippen molar-refractivity contribution in [3.8, 4) is 0 Å². The Kier molecular flexibility index (Phi) is 16.8. The second-order valence-electron chi connectivity index (χ2n) is 1.40. The topological polar surface area (TPSA) is 63.6 Å². The van der Waals surface area contributed by atoms with Gasteiger partial charge >= 0.3 is 59.1 Å². The number of hydrogen-bond acceptors (Lipinski definition) is 3. The van der Waals surface area contributed by atoms with Gasteiger partial charge in [-0.1, -0.05) is 0 Å². The molecule has 0 bridgehead atoms. The predicted molar refractivity (Wildman–Crippen MR) is 46.9 cm³/mol. The molecule has 4 nitrogen and oxygen atoms in total. The first-order chi connectivity index (χ1) is 4.06. The molecule has 0 aliphatic rings. The SMILES string of the molecule is [CH2]COCCS(=O)(=O)O.[NaH].[NaH]. The Morgan fingerprint density at radius 2 is 1.82 bits per heavy atom. The van der Waals surface area contributed by atoms with Gasteiger partial charge < -0.3 is 4.74 Å². The van der Waals surface area contributed by atoms with E-state index in [9.17, 15) is 8.42 Å². The molecule has 11 heavy (non-hydrogen) atoms. The van der Waals surface area contributed by atoms with Crippen molar-refractivity contribution in [2.45, 2.75) is 0 Å². The molecule has 0 atom stereocenters. The Bertz CT molecular complexity index is 155. The Morgan fingerprint density at radius 3 is 2.09 bits per heavy atom. The molecule has 0 aromatic carbocycles. The molecule has 0 rings (SSSR count). The van der Waals surface area contributed by atoms with Crippen LogP contribution in [0.5, 0.6) is 0 Å². The summed E-state index contributed by atoms with van der Waals surface area (Å²) in [6.45, 7) is 3.53. The summed E-state index contributed by atoms with van der Waals surface area (Å²) in [7, 11) is -3.85. The molecule has 0 unspecified atom stereocenters. The molecule has 7 heteroatoms. The van der Waals surface area contributed by atoms with Crippen LogP contribution in [0.1, 0.15) is 0 Å². The van der Waals surface area contributed by atoms with E-state index in [4.69, 9.17) is 4.55 Å². The standard InChI is InChI=1S/C4H9O4S.2Na.2H/c1-2-8-3-4-9(5,6)7;;;;/h1-4H2,(H,5,6,7);;;;. The summed E-state index contributed by atoms with van der Waals surface area (Å²) in [4.78, 5) is 0. The summed E-state index contributed by atoms with van der Waals surface area (Å²) in [5, 5.41) is 0. The van der Waals surface area contributed by atoms with Crippen LogP contribution in [0.15, 0.2) is 0 Å². The van der Waals surface area contributed by atoms with Crippen molar-refractivity contribution in [3.05, 3.63) is 6.92 Å². The van der Waals surface area contributed by atoms with E-state index in [1.54, 1.807) is 0 Å². The van der Waals surface area contributed by atoms with E-state index in [2.05, 4.69) is 11.7 Å². The molecule has 59 valence electrons. The Hall–Kier alpha value is 1.87. The third kappa shape index (κ3) is 18.7. The van der Waals surface area contributed by atoms with Crippen LogP contribution in [0.4, 0.5) is 0 Å². The number of rotatable bonds is 4. The summed E-state index contributed by atoms with van der Waals surface area (Å²) in [5.74, 6) is -0.359. The zero-order chi connectivity index (χ0) is 7.33. The van der Waals surface area contributed by atoms with Crippen LogP contribution in [0.2, 0.25) is 0 Å². The minimum absolute atomic E-state index is 0. The first-order valence-electron chi connectivity index (χ1n) is 2.38. The maximum atomic E-state index is 9.96. The van der Waals surface area contributed by atoms with Crippen LogP contribution in [0.25, 0.3) is 0 Å². The quantitative estimate of drug-likeness (QED) is 0.339. The molecule has 0 spiro atoms. The minimum atomic E-state index is -3.85. The van der Waals surface area contributed by atoms with Crippen LogP contribution in [0.3, 0.4) is 0 Å². The van der Waals surface area contributed by atoms with Gasteiger partial charge in [-0.3, -0.25) is 4.55 Å². The van der Waals surface area contributed by atoms with Crippen molar-refractivity contribution in [3.63, 3.8) is 0 Å². The Morgan fingerprint density at radius 1 is 1.36 bits per heavy atom. The van der Waals surface area contributed by atoms with Gasteiger partial charge in [0.05, 0.1) is 12.4 Å². The van der Waals surface area contributed by atoms with E-state index in [0.29, 0.717) is 0 Å². The molecule has 0 amide bonds. The molecule has 0 aliphatic carbocycles. The predicted octanol–water partition coefficient (Wildman–Crippen LogP) is -1.57. The van der Waals surface area contributed by atoms with E-state index in [0.717, 1.165) is 0 Å². The second-order valence-corrected chi connectivity index (χ2v) is 2.97. The Balaban J connectivity index is -0.000000320. The molecule has 0 aliphatic heterocycles. The van der Waals surface area contributed by atoms with Crippen LogP contribution >= 0.6 is 0 Å². The summed E-state index contributed by atoms with van der Waals surface area (Å²) >= 11 is 0. The average molecular weight is 201 g/mol. The van der Waals surface area contributed by atoms with E-state index < -0.39 is 10.1 Å². The average Bonchev–Trinajstić information content (AvgIpc) is 1.63. The molecule has 0 aromatic rings. The van der Waals surface area contributed by atoms with Crippen LogP contribution in [-0.2, 0) is 14.9 Å². The van der Waals surface area contributed by atoms with Gasteiger partial charge in [0.25, 0.3) is 10.1 Å². The Labute approximate surface area is 111 Å². The monoisotopic (exact) mass is 201 g/mol. The summed E-state index contributed by atoms with van der Waals surface area (Å²) in [6, 6.07) is 0. The molecule has 1 N–H and O–H groups in total. The third-order valence-electron chi connectivity index (χ3n) is 0.630. The molecule has 0 heterocycles. The van der Waals surface area contributed by atoms with Gasteiger partial charge in [-0.2, -0.15) is 8.42 Å². The van der Waals surface area contributed by atoms with Gasteiger partial charge in [0.15, 0.2) is 0 Å². The van der Waals surface area contributed by atoms with E-state index in [-0.39, 0.29) is 78.1 Å². The summed E-state index contributed by atoms with van der Waals surface area (Å²) < 4.78 is 32.6. The first kappa shape index (κ1) is 18.6. The van der Waals surface area contributed by atoms with Gasteiger partial charge in [0, 0.05) is 6.61 Å². The maximum absolute atomic E-state index is 9.96. The second kappa shape index (κ2) is 9.95. The molecule has 0 fully saturated rings. The zero-order valence-corrected chi connectivity index (χ0v) is 5.73. The summed E-state index contributed by atoms with van der Waals surface area (Å²) in [5.41, 5.74) is 0. The van der Waals surface area contributed by atoms with E-state index in [1.165, 1.54) is 0 Å². The van der Waals surface area contributed by atoms with Crippen molar-refractivity contribution < 1.29 is 17.7 Å². The summed E-state index contributed by atoms with van der Waals surface area (Å²) in [6.07, 6.45) is 0. The van der Waals surface area contributed by atoms with Crippen molar-refractivity contribution >= 4 is 69.2 Å². The zero-order valence-electron chi connectivity index (χ0n) is 4.91. The van der Waals surface area contributed by atoms with Crippen molar-refractivity contribution in [2.75, 3.05) is 19.0 Å². The van der Waals surface area contributed by atoms with E-state index in [1.807, 2.05) is 0 Å². The van der Waals surface area contributed by atoms with Crippen molar-refractivity contribution in [1.29, 1.82) is 0 Å². The van der Waals surface area contributed by atoms with Crippen molar-refractivity contribution in [2.24, 2.45) is 0 Å². The third-order valence-corrected chi connectivity index (χ3v) is 1.31. The van der Waals surface area contributed by atoms with Crippen molar-refractivity contribution in [1.82, 2.24) is 0 Å². The first-order valence-corrected chi connectivity index (χ1v) is 3.99. The van der Waals surface area contributed by atoms with Crippen LogP contribution in [-0.4, -0.2) is 91.1 Å². The molecular weight excluding hydrogens is 190 g/mol. The van der Waals surface area contributed by atoms with Crippen LogP contribution in [0, 0.1) is 6.92 Å². The van der Waals surface area contributed by atoms with Gasteiger partial charge in [-0.25, -0.2) is 0 Å². The number of ether oxygens (including phenoxy) is 1. The molecule has 0 aromatic heterocycles. The normalized spacial score (nSPS) is 9.64. The number of hydrogen-bond donors (Lipinski definition) is 1. The fourth-order valence-corrected chi connectivity index (χ4v) is 0.595.